The summed E-state index contributed by atoms with van der Waals surface area (Å²) in [5.41, 5.74) is 0.178. The second kappa shape index (κ2) is 7.33. The van der Waals surface area contributed by atoms with Crippen molar-refractivity contribution in [3.63, 3.8) is 0 Å². The molecule has 5 heteroatoms. The average Bonchev–Trinajstić information content (AvgIpc) is 2.51. The van der Waals surface area contributed by atoms with Gasteiger partial charge in [-0.2, -0.15) is 13.2 Å². The lowest BCUT2D eigenvalue weighted by Crippen LogP contribution is -2.12. The highest BCUT2D eigenvalue weighted by Crippen LogP contribution is 2.31. The molecule has 0 heterocycles. The summed E-state index contributed by atoms with van der Waals surface area (Å²) in [7, 11) is 3.86. The van der Waals surface area contributed by atoms with Crippen LogP contribution < -0.4 is 4.74 Å². The van der Waals surface area contributed by atoms with Crippen LogP contribution in [0.4, 0.5) is 13.2 Å². The Morgan fingerprint density at radius 2 is 1.61 bits per heavy atom. The first kappa shape index (κ1) is 17.1. The molecule has 0 spiro atoms. The molecule has 0 saturated carbocycles. The maximum absolute atomic E-state index is 12.6. The maximum atomic E-state index is 12.6. The van der Waals surface area contributed by atoms with Crippen molar-refractivity contribution >= 4 is 5.76 Å². The third kappa shape index (κ3) is 5.14. The fourth-order valence-electron chi connectivity index (χ4n) is 1.93. The second-order valence-electron chi connectivity index (χ2n) is 5.32. The molecule has 2 nitrogen and oxygen atoms in total. The van der Waals surface area contributed by atoms with E-state index in [0.717, 1.165) is 17.7 Å². The van der Waals surface area contributed by atoms with Gasteiger partial charge in [-0.05, 0) is 44.4 Å². The first-order valence-corrected chi connectivity index (χ1v) is 7.11. The van der Waals surface area contributed by atoms with Gasteiger partial charge in [-0.25, -0.2) is 0 Å². The Hall–Kier alpha value is -2.27. The number of hydrogen-bond acceptors (Lipinski definition) is 2. The molecular formula is C18H18F3NO. The largest absolute Gasteiger partial charge is 0.457 e. The summed E-state index contributed by atoms with van der Waals surface area (Å²) >= 11 is 0. The molecule has 0 aromatic heterocycles. The van der Waals surface area contributed by atoms with Gasteiger partial charge in [0, 0.05) is 12.1 Å². The highest BCUT2D eigenvalue weighted by molar-refractivity contribution is 5.62. The molecule has 2 aromatic carbocycles. The number of benzene rings is 2. The summed E-state index contributed by atoms with van der Waals surface area (Å²) in [6.45, 7) is 0.658. The van der Waals surface area contributed by atoms with Gasteiger partial charge in [-0.3, -0.25) is 0 Å². The summed E-state index contributed by atoms with van der Waals surface area (Å²) in [6, 6.07) is 14.1. The van der Waals surface area contributed by atoms with Crippen LogP contribution in [-0.4, -0.2) is 25.5 Å². The Morgan fingerprint density at radius 1 is 1.00 bits per heavy atom. The zero-order valence-electron chi connectivity index (χ0n) is 13.0. The van der Waals surface area contributed by atoms with Gasteiger partial charge >= 0.3 is 6.18 Å². The van der Waals surface area contributed by atoms with Crippen LogP contribution in [-0.2, 0) is 6.18 Å². The van der Waals surface area contributed by atoms with Crippen LogP contribution in [0.2, 0.25) is 0 Å². The quantitative estimate of drug-likeness (QED) is 0.741. The van der Waals surface area contributed by atoms with Crippen molar-refractivity contribution in [1.29, 1.82) is 0 Å². The predicted octanol–water partition coefficient (Wildman–Crippen LogP) is 4.69. The predicted molar refractivity (Wildman–Crippen MR) is 85.0 cm³/mol. The van der Waals surface area contributed by atoms with Gasteiger partial charge in [0.15, 0.2) is 0 Å². The lowest BCUT2D eigenvalue weighted by atomic mass is 10.1. The normalized spacial score (nSPS) is 12.5. The molecule has 122 valence electrons. The minimum absolute atomic E-state index is 0.367. The van der Waals surface area contributed by atoms with E-state index in [0.29, 0.717) is 18.1 Å². The van der Waals surface area contributed by atoms with Crippen molar-refractivity contribution < 1.29 is 17.9 Å². The standard InChI is InChI=1S/C18H18F3NO/c1-22(2)13-12-17(14-6-4-3-5-7-14)23-16-10-8-15(9-11-16)18(19,20)21/h3-12H,13H2,1-2H3. The fraction of sp³-hybridized carbons (Fsp3) is 0.222. The molecule has 23 heavy (non-hydrogen) atoms. The van der Waals surface area contributed by atoms with Gasteiger partial charge in [0.25, 0.3) is 0 Å². The molecule has 0 atom stereocenters. The third-order valence-electron chi connectivity index (χ3n) is 3.11. The van der Waals surface area contributed by atoms with Crippen LogP contribution in [0, 0.1) is 0 Å². The number of ether oxygens (including phenoxy) is 1. The number of rotatable bonds is 5. The first-order valence-electron chi connectivity index (χ1n) is 7.11. The van der Waals surface area contributed by atoms with Gasteiger partial charge in [-0.15, -0.1) is 0 Å². The van der Waals surface area contributed by atoms with Crippen LogP contribution in [0.5, 0.6) is 5.75 Å². The molecular weight excluding hydrogens is 303 g/mol. The van der Waals surface area contributed by atoms with E-state index >= 15 is 0 Å². The molecule has 0 aliphatic rings. The molecule has 0 aliphatic carbocycles. The Labute approximate surface area is 133 Å². The van der Waals surface area contributed by atoms with E-state index in [2.05, 4.69) is 0 Å². The van der Waals surface area contributed by atoms with Gasteiger partial charge in [0.2, 0.25) is 0 Å². The Balaban J connectivity index is 2.23. The molecule has 0 aliphatic heterocycles. The monoisotopic (exact) mass is 321 g/mol. The third-order valence-corrected chi connectivity index (χ3v) is 3.11. The summed E-state index contributed by atoms with van der Waals surface area (Å²) in [5.74, 6) is 0.978. The van der Waals surface area contributed by atoms with Gasteiger partial charge in [0.1, 0.15) is 11.5 Å². The molecule has 2 rings (SSSR count). The summed E-state index contributed by atoms with van der Waals surface area (Å²) in [4.78, 5) is 1.97. The average molecular weight is 321 g/mol. The lowest BCUT2D eigenvalue weighted by Gasteiger charge is -2.13. The van der Waals surface area contributed by atoms with Crippen LogP contribution in [0.25, 0.3) is 5.76 Å². The molecule has 0 bridgehead atoms. The number of halogens is 3. The molecule has 0 saturated heterocycles. The van der Waals surface area contributed by atoms with Gasteiger partial charge < -0.3 is 9.64 Å². The molecule has 2 aromatic rings. The van der Waals surface area contributed by atoms with Crippen molar-refractivity contribution in [2.24, 2.45) is 0 Å². The highest BCUT2D eigenvalue weighted by atomic mass is 19.4. The van der Waals surface area contributed by atoms with E-state index in [9.17, 15) is 13.2 Å². The van der Waals surface area contributed by atoms with E-state index in [1.54, 1.807) is 0 Å². The minimum Gasteiger partial charge on any atom is -0.457 e. The van der Waals surface area contributed by atoms with Gasteiger partial charge in [-0.1, -0.05) is 30.3 Å². The molecule has 0 amide bonds. The SMILES string of the molecule is CN(C)CC=C(Oc1ccc(C(F)(F)F)cc1)c1ccccc1. The zero-order valence-corrected chi connectivity index (χ0v) is 13.0. The van der Waals surface area contributed by atoms with E-state index in [1.165, 1.54) is 12.1 Å². The summed E-state index contributed by atoms with van der Waals surface area (Å²) in [5, 5.41) is 0. The molecule has 0 unspecified atom stereocenters. The minimum atomic E-state index is -4.35. The zero-order chi connectivity index (χ0) is 16.9. The van der Waals surface area contributed by atoms with Crippen molar-refractivity contribution in [3.8, 4) is 5.75 Å². The van der Waals surface area contributed by atoms with Crippen LogP contribution in [0.1, 0.15) is 11.1 Å². The van der Waals surface area contributed by atoms with E-state index in [1.807, 2.05) is 55.4 Å². The highest BCUT2D eigenvalue weighted by Gasteiger charge is 2.30. The maximum Gasteiger partial charge on any atom is 0.416 e. The van der Waals surface area contributed by atoms with Crippen molar-refractivity contribution in [3.05, 3.63) is 71.8 Å². The second-order valence-corrected chi connectivity index (χ2v) is 5.32. The molecule has 0 N–H and O–H groups in total. The van der Waals surface area contributed by atoms with E-state index in [-0.39, 0.29) is 0 Å². The topological polar surface area (TPSA) is 12.5 Å². The van der Waals surface area contributed by atoms with Gasteiger partial charge in [0.05, 0.1) is 5.56 Å². The molecule has 0 radical (unpaired) electrons. The Kier molecular flexibility index (Phi) is 5.45. The Morgan fingerprint density at radius 3 is 2.13 bits per heavy atom. The summed E-state index contributed by atoms with van der Waals surface area (Å²) in [6.07, 6.45) is -2.45. The fourth-order valence-corrected chi connectivity index (χ4v) is 1.93. The number of alkyl halides is 3. The summed E-state index contributed by atoms with van der Waals surface area (Å²) < 4.78 is 43.6. The van der Waals surface area contributed by atoms with E-state index < -0.39 is 11.7 Å². The van der Waals surface area contributed by atoms with E-state index in [4.69, 9.17) is 4.74 Å². The van der Waals surface area contributed by atoms with Crippen LogP contribution in [0.15, 0.2) is 60.7 Å². The van der Waals surface area contributed by atoms with Crippen LogP contribution in [0.3, 0.4) is 0 Å². The first-order chi connectivity index (χ1) is 10.9. The van der Waals surface area contributed by atoms with Crippen molar-refractivity contribution in [1.82, 2.24) is 4.90 Å². The number of hydrogen-bond donors (Lipinski definition) is 0. The van der Waals surface area contributed by atoms with Crippen molar-refractivity contribution in [2.75, 3.05) is 20.6 Å². The smallest absolute Gasteiger partial charge is 0.416 e. The number of nitrogens with zero attached hydrogens (tertiary/aromatic N) is 1. The van der Waals surface area contributed by atoms with Crippen LogP contribution >= 0.6 is 0 Å². The lowest BCUT2D eigenvalue weighted by molar-refractivity contribution is -0.137. The molecule has 0 fully saturated rings. The number of likely N-dealkylation sites (N-methyl/N-ethyl adjacent to an activating group) is 1. The Bertz CT molecular complexity index is 646. The van der Waals surface area contributed by atoms with Crippen molar-refractivity contribution in [2.45, 2.75) is 6.18 Å².